The second-order valence-electron chi connectivity index (χ2n) is 7.16. The molecule has 1 aliphatic heterocycles. The van der Waals surface area contributed by atoms with Crippen LogP contribution in [0.5, 0.6) is 5.75 Å². The first-order chi connectivity index (χ1) is 11.7. The fourth-order valence-electron chi connectivity index (χ4n) is 2.57. The maximum atomic E-state index is 13.6. The maximum absolute atomic E-state index is 13.6. The molecule has 0 radical (unpaired) electrons. The lowest BCUT2D eigenvalue weighted by molar-refractivity contribution is 0.00578. The van der Waals surface area contributed by atoms with Crippen molar-refractivity contribution < 1.29 is 18.4 Å². The lowest BCUT2D eigenvalue weighted by Crippen LogP contribution is -2.41. The highest BCUT2D eigenvalue weighted by atomic mass is 35.5. The van der Waals surface area contributed by atoms with Crippen molar-refractivity contribution in [2.75, 3.05) is 0 Å². The Labute approximate surface area is 153 Å². The predicted molar refractivity (Wildman–Crippen MR) is 97.9 cm³/mol. The van der Waals surface area contributed by atoms with Gasteiger partial charge in [-0.2, -0.15) is 0 Å². The van der Waals surface area contributed by atoms with E-state index >= 15 is 0 Å². The summed E-state index contributed by atoms with van der Waals surface area (Å²) in [5, 5.41) is 0.0985. The molecule has 132 valence electrons. The van der Waals surface area contributed by atoms with Gasteiger partial charge in [-0.1, -0.05) is 35.9 Å². The van der Waals surface area contributed by atoms with E-state index in [2.05, 4.69) is 0 Å². The van der Waals surface area contributed by atoms with Gasteiger partial charge >= 0.3 is 7.12 Å². The van der Waals surface area contributed by atoms with Crippen molar-refractivity contribution in [1.29, 1.82) is 0 Å². The van der Waals surface area contributed by atoms with E-state index in [0.29, 0.717) is 11.3 Å². The average Bonchev–Trinajstić information content (AvgIpc) is 2.77. The van der Waals surface area contributed by atoms with Crippen molar-refractivity contribution in [3.63, 3.8) is 0 Å². The van der Waals surface area contributed by atoms with Gasteiger partial charge in [0.05, 0.1) is 16.2 Å². The van der Waals surface area contributed by atoms with Crippen molar-refractivity contribution >= 4 is 24.2 Å². The third kappa shape index (κ3) is 3.69. The highest BCUT2D eigenvalue weighted by molar-refractivity contribution is 6.63. The van der Waals surface area contributed by atoms with Crippen LogP contribution in [0.2, 0.25) is 5.02 Å². The van der Waals surface area contributed by atoms with Gasteiger partial charge < -0.3 is 14.0 Å². The van der Waals surface area contributed by atoms with Gasteiger partial charge in [0, 0.05) is 5.46 Å². The molecule has 1 heterocycles. The van der Waals surface area contributed by atoms with Crippen LogP contribution in [0.3, 0.4) is 0 Å². The highest BCUT2D eigenvalue weighted by Gasteiger charge is 2.52. The lowest BCUT2D eigenvalue weighted by Gasteiger charge is -2.32. The van der Waals surface area contributed by atoms with Crippen LogP contribution in [0.15, 0.2) is 42.5 Å². The van der Waals surface area contributed by atoms with Crippen molar-refractivity contribution in [2.24, 2.45) is 0 Å². The Bertz CT molecular complexity index is 763. The molecular weight excluding hydrogens is 341 g/mol. The Morgan fingerprint density at radius 2 is 1.68 bits per heavy atom. The van der Waals surface area contributed by atoms with Crippen LogP contribution < -0.4 is 10.2 Å². The topological polar surface area (TPSA) is 27.7 Å². The largest absolute Gasteiger partial charge is 0.498 e. The number of hydrogen-bond acceptors (Lipinski definition) is 3. The quantitative estimate of drug-likeness (QED) is 0.757. The van der Waals surface area contributed by atoms with E-state index in [9.17, 15) is 4.39 Å². The van der Waals surface area contributed by atoms with Crippen LogP contribution in [-0.4, -0.2) is 18.3 Å². The maximum Gasteiger partial charge on any atom is 0.498 e. The molecular formula is C19H21BClFO3. The molecule has 25 heavy (non-hydrogen) atoms. The van der Waals surface area contributed by atoms with Crippen LogP contribution in [-0.2, 0) is 15.9 Å². The van der Waals surface area contributed by atoms with Gasteiger partial charge in [0.15, 0.2) is 0 Å². The number of rotatable bonds is 4. The van der Waals surface area contributed by atoms with Gasteiger partial charge in [0.1, 0.15) is 18.2 Å². The molecule has 1 aliphatic rings. The molecule has 6 heteroatoms. The average molecular weight is 363 g/mol. The first-order valence-corrected chi connectivity index (χ1v) is 8.59. The van der Waals surface area contributed by atoms with Crippen LogP contribution in [0.4, 0.5) is 4.39 Å². The summed E-state index contributed by atoms with van der Waals surface area (Å²) >= 11 is 5.71. The molecule has 0 atom stereocenters. The van der Waals surface area contributed by atoms with Gasteiger partial charge in [-0.05, 0) is 51.5 Å². The molecule has 0 aliphatic carbocycles. The molecule has 0 unspecified atom stereocenters. The second kappa shape index (κ2) is 6.63. The van der Waals surface area contributed by atoms with E-state index in [4.69, 9.17) is 25.6 Å². The van der Waals surface area contributed by atoms with E-state index in [-0.39, 0.29) is 11.6 Å². The SMILES string of the molecule is CC1(C)OB(c2ccccc2OCc2ccc(Cl)c(F)c2)OC1(C)C. The smallest absolute Gasteiger partial charge is 0.489 e. The zero-order chi connectivity index (χ0) is 18.2. The first-order valence-electron chi connectivity index (χ1n) is 8.21. The summed E-state index contributed by atoms with van der Waals surface area (Å²) in [4.78, 5) is 0. The van der Waals surface area contributed by atoms with Gasteiger partial charge in [-0.25, -0.2) is 4.39 Å². The molecule has 0 saturated carbocycles. The molecule has 1 saturated heterocycles. The fourth-order valence-corrected chi connectivity index (χ4v) is 2.68. The second-order valence-corrected chi connectivity index (χ2v) is 7.57. The fraction of sp³-hybridized carbons (Fsp3) is 0.368. The molecule has 0 amide bonds. The summed E-state index contributed by atoms with van der Waals surface area (Å²) in [5.41, 5.74) is 0.662. The zero-order valence-electron chi connectivity index (χ0n) is 14.8. The number of para-hydroxylation sites is 1. The van der Waals surface area contributed by atoms with Crippen molar-refractivity contribution in [1.82, 2.24) is 0 Å². The molecule has 0 N–H and O–H groups in total. The Kier molecular flexibility index (Phi) is 4.84. The molecule has 3 rings (SSSR count). The summed E-state index contributed by atoms with van der Waals surface area (Å²) in [6.45, 7) is 8.25. The summed E-state index contributed by atoms with van der Waals surface area (Å²) < 4.78 is 31.7. The summed E-state index contributed by atoms with van der Waals surface area (Å²) in [7, 11) is -0.511. The highest BCUT2D eigenvalue weighted by Crippen LogP contribution is 2.37. The lowest BCUT2D eigenvalue weighted by atomic mass is 9.78. The minimum atomic E-state index is -0.511. The van der Waals surface area contributed by atoms with Gasteiger partial charge in [-0.15, -0.1) is 0 Å². The van der Waals surface area contributed by atoms with Gasteiger partial charge in [0.25, 0.3) is 0 Å². The molecule has 0 bridgehead atoms. The summed E-state index contributed by atoms with van der Waals surface area (Å²) in [6, 6.07) is 12.2. The number of ether oxygens (including phenoxy) is 1. The number of hydrogen-bond donors (Lipinski definition) is 0. The molecule has 2 aromatic carbocycles. The monoisotopic (exact) mass is 362 g/mol. The van der Waals surface area contributed by atoms with Crippen LogP contribution in [0.25, 0.3) is 0 Å². The first kappa shape index (κ1) is 18.2. The molecule has 0 spiro atoms. The number of halogens is 2. The molecule has 3 nitrogen and oxygen atoms in total. The summed E-state index contributed by atoms with van der Waals surface area (Å²) in [6.07, 6.45) is 0. The minimum absolute atomic E-state index is 0.0985. The Hall–Kier alpha value is -1.56. The third-order valence-electron chi connectivity index (χ3n) is 4.80. The Morgan fingerprint density at radius 3 is 2.32 bits per heavy atom. The minimum Gasteiger partial charge on any atom is -0.489 e. The van der Waals surface area contributed by atoms with Gasteiger partial charge in [0.2, 0.25) is 0 Å². The Balaban J connectivity index is 1.79. The van der Waals surface area contributed by atoms with Crippen molar-refractivity contribution in [2.45, 2.75) is 45.5 Å². The van der Waals surface area contributed by atoms with Crippen LogP contribution in [0, 0.1) is 5.82 Å². The Morgan fingerprint density at radius 1 is 1.04 bits per heavy atom. The molecule has 2 aromatic rings. The normalized spacial score (nSPS) is 18.4. The summed E-state index contributed by atoms with van der Waals surface area (Å²) in [5.74, 6) is 0.193. The van der Waals surface area contributed by atoms with E-state index in [1.54, 1.807) is 6.07 Å². The zero-order valence-corrected chi connectivity index (χ0v) is 15.6. The molecule has 0 aromatic heterocycles. The standard InChI is InChI=1S/C19H21BClFO3/c1-18(2)19(3,4)25-20(24-18)14-7-5-6-8-17(14)23-12-13-9-10-15(21)16(22)11-13/h5-11H,12H2,1-4H3. The van der Waals surface area contributed by atoms with E-state index in [1.807, 2.05) is 52.0 Å². The van der Waals surface area contributed by atoms with Gasteiger partial charge in [-0.3, -0.25) is 0 Å². The van der Waals surface area contributed by atoms with Crippen molar-refractivity contribution in [3.05, 3.63) is 58.9 Å². The predicted octanol–water partition coefficient (Wildman–Crippen LogP) is 4.36. The van der Waals surface area contributed by atoms with Crippen LogP contribution >= 0.6 is 11.6 Å². The van der Waals surface area contributed by atoms with E-state index < -0.39 is 24.1 Å². The van der Waals surface area contributed by atoms with Crippen LogP contribution in [0.1, 0.15) is 33.3 Å². The third-order valence-corrected chi connectivity index (χ3v) is 5.11. The molecule has 1 fully saturated rings. The van der Waals surface area contributed by atoms with Crippen molar-refractivity contribution in [3.8, 4) is 5.75 Å². The van der Waals surface area contributed by atoms with E-state index in [1.165, 1.54) is 12.1 Å². The van der Waals surface area contributed by atoms with E-state index in [0.717, 1.165) is 5.46 Å². The number of benzene rings is 2.